The molecule has 0 bridgehead atoms. The van der Waals surface area contributed by atoms with Gasteiger partial charge in [0.1, 0.15) is 17.1 Å². The second-order valence-corrected chi connectivity index (χ2v) is 9.13. The summed E-state index contributed by atoms with van der Waals surface area (Å²) in [4.78, 5) is 27.7. The second-order valence-electron chi connectivity index (χ2n) is 6.83. The maximum Gasteiger partial charge on any atom is 0.279 e. The lowest BCUT2D eigenvalue weighted by Gasteiger charge is -2.27. The number of hydrazine groups is 1. The quantitative estimate of drug-likeness (QED) is 0.522. The highest BCUT2D eigenvalue weighted by atomic mass is 32.2. The van der Waals surface area contributed by atoms with Crippen molar-refractivity contribution in [2.45, 2.75) is 56.2 Å². The highest BCUT2D eigenvalue weighted by molar-refractivity contribution is 8.25. The van der Waals surface area contributed by atoms with Gasteiger partial charge < -0.3 is 9.84 Å². The van der Waals surface area contributed by atoms with E-state index in [0.717, 1.165) is 30.6 Å². The highest BCUT2D eigenvalue weighted by Gasteiger charge is 2.44. The Labute approximate surface area is 174 Å². The fourth-order valence-corrected chi connectivity index (χ4v) is 5.91. The van der Waals surface area contributed by atoms with Gasteiger partial charge in [-0.2, -0.15) is 0 Å². The van der Waals surface area contributed by atoms with Crippen molar-refractivity contribution >= 4 is 35.3 Å². The molecule has 0 radical (unpaired) electrons. The number of phenolic OH excluding ortho intramolecular Hbond substituents is 1. The van der Waals surface area contributed by atoms with E-state index in [-0.39, 0.29) is 23.1 Å². The summed E-state index contributed by atoms with van der Waals surface area (Å²) in [6.45, 7) is 7.01. The van der Waals surface area contributed by atoms with Crippen molar-refractivity contribution in [3.63, 3.8) is 0 Å². The summed E-state index contributed by atoms with van der Waals surface area (Å²) in [5.74, 6) is 0.328. The Kier molecular flexibility index (Phi) is 6.50. The van der Waals surface area contributed by atoms with Crippen molar-refractivity contribution in [1.29, 1.82) is 0 Å². The molecule has 2 heterocycles. The first kappa shape index (κ1) is 20.9. The lowest BCUT2D eigenvalue weighted by molar-refractivity contribution is -0.147. The van der Waals surface area contributed by atoms with Crippen molar-refractivity contribution in [3.05, 3.63) is 21.4 Å². The van der Waals surface area contributed by atoms with Crippen LogP contribution in [0.5, 0.6) is 11.5 Å². The fraction of sp³-hybridized carbons (Fsp3) is 0.500. The van der Waals surface area contributed by atoms with Crippen LogP contribution in [0.2, 0.25) is 0 Å². The standard InChI is InChI=1S/C20H26N2O4S2/c1-5-7-9-21-18(24)14(19(25)22(21)10-8-6-2)20-27-16-13(26-4)11-12(3)15(23)17(16)28-20/h11,23H,5-10H2,1-4H3. The van der Waals surface area contributed by atoms with Crippen LogP contribution in [0, 0.1) is 6.92 Å². The van der Waals surface area contributed by atoms with Crippen molar-refractivity contribution in [2.24, 2.45) is 0 Å². The number of fused-ring (bicyclic) bond motifs is 1. The van der Waals surface area contributed by atoms with Gasteiger partial charge in [0.25, 0.3) is 11.8 Å². The number of methoxy groups -OCH3 is 1. The molecule has 0 aromatic heterocycles. The predicted octanol–water partition coefficient (Wildman–Crippen LogP) is 4.30. The van der Waals surface area contributed by atoms with Gasteiger partial charge in [-0.15, -0.1) is 0 Å². The van der Waals surface area contributed by atoms with Crippen LogP contribution < -0.4 is 4.74 Å². The number of rotatable bonds is 7. The molecule has 2 aliphatic heterocycles. The van der Waals surface area contributed by atoms with E-state index in [1.54, 1.807) is 30.1 Å². The van der Waals surface area contributed by atoms with Gasteiger partial charge in [-0.1, -0.05) is 50.2 Å². The molecule has 1 aromatic carbocycles. The number of amides is 2. The van der Waals surface area contributed by atoms with E-state index in [4.69, 9.17) is 4.74 Å². The van der Waals surface area contributed by atoms with Crippen LogP contribution in [0.15, 0.2) is 25.7 Å². The van der Waals surface area contributed by atoms with Gasteiger partial charge in [-0.05, 0) is 31.4 Å². The number of unbranched alkanes of at least 4 members (excludes halogenated alkanes) is 2. The van der Waals surface area contributed by atoms with Crippen LogP contribution in [-0.2, 0) is 9.59 Å². The molecule has 1 N–H and O–H groups in total. The monoisotopic (exact) mass is 422 g/mol. The first-order chi connectivity index (χ1) is 13.4. The van der Waals surface area contributed by atoms with Crippen LogP contribution in [0.3, 0.4) is 0 Å². The summed E-state index contributed by atoms with van der Waals surface area (Å²) in [5.41, 5.74) is 0.908. The fourth-order valence-electron chi connectivity index (χ4n) is 3.18. The average molecular weight is 423 g/mol. The number of carbonyl (C=O) groups excluding carboxylic acids is 2. The molecular formula is C20H26N2O4S2. The minimum atomic E-state index is -0.243. The SMILES string of the molecule is CCCCN1C(=O)C(=C2Sc3c(OC)cc(C)c(O)c3S2)C(=O)N1CCCC. The third kappa shape index (κ3) is 3.59. The number of benzene rings is 1. The van der Waals surface area contributed by atoms with Crippen molar-refractivity contribution in [1.82, 2.24) is 10.0 Å². The van der Waals surface area contributed by atoms with E-state index in [9.17, 15) is 14.7 Å². The van der Waals surface area contributed by atoms with E-state index in [2.05, 4.69) is 13.8 Å². The molecule has 152 valence electrons. The Bertz CT molecular complexity index is 810. The van der Waals surface area contributed by atoms with Crippen LogP contribution in [0.4, 0.5) is 0 Å². The van der Waals surface area contributed by atoms with Crippen LogP contribution >= 0.6 is 23.5 Å². The Balaban J connectivity index is 1.99. The third-order valence-corrected chi connectivity index (χ3v) is 7.43. The molecule has 0 spiro atoms. The summed E-state index contributed by atoms with van der Waals surface area (Å²) in [5, 5.41) is 13.7. The van der Waals surface area contributed by atoms with Gasteiger partial charge in [0.05, 0.1) is 21.1 Å². The largest absolute Gasteiger partial charge is 0.506 e. The summed E-state index contributed by atoms with van der Waals surface area (Å²) >= 11 is 2.61. The molecule has 6 nitrogen and oxygen atoms in total. The number of hydrogen-bond acceptors (Lipinski definition) is 6. The molecule has 28 heavy (non-hydrogen) atoms. The number of phenols is 1. The zero-order chi connectivity index (χ0) is 20.4. The molecule has 0 saturated carbocycles. The minimum absolute atomic E-state index is 0.174. The zero-order valence-electron chi connectivity index (χ0n) is 16.7. The molecular weight excluding hydrogens is 396 g/mol. The van der Waals surface area contributed by atoms with Crippen LogP contribution in [0.1, 0.15) is 45.1 Å². The Hall–Kier alpha value is -1.80. The lowest BCUT2D eigenvalue weighted by Crippen LogP contribution is -2.42. The lowest BCUT2D eigenvalue weighted by atomic mass is 10.2. The molecule has 1 saturated heterocycles. The second kappa shape index (κ2) is 8.69. The summed E-state index contributed by atoms with van der Waals surface area (Å²) in [6.07, 6.45) is 3.59. The maximum absolute atomic E-state index is 13.1. The van der Waals surface area contributed by atoms with Gasteiger partial charge in [-0.3, -0.25) is 9.59 Å². The number of aromatic hydroxyl groups is 1. The number of ether oxygens (including phenoxy) is 1. The third-order valence-electron chi connectivity index (χ3n) is 4.81. The Morgan fingerprint density at radius 3 is 2.04 bits per heavy atom. The molecule has 8 heteroatoms. The Morgan fingerprint density at radius 1 is 1.00 bits per heavy atom. The van der Waals surface area contributed by atoms with Crippen molar-refractivity contribution < 1.29 is 19.4 Å². The summed E-state index contributed by atoms with van der Waals surface area (Å²) < 4.78 is 6.06. The molecule has 2 amide bonds. The Morgan fingerprint density at radius 2 is 1.54 bits per heavy atom. The van der Waals surface area contributed by atoms with Gasteiger partial charge >= 0.3 is 0 Å². The number of hydrogen-bond donors (Lipinski definition) is 1. The molecule has 3 rings (SSSR count). The topological polar surface area (TPSA) is 70.1 Å². The molecule has 0 aliphatic carbocycles. The van der Waals surface area contributed by atoms with Crippen LogP contribution in [-0.4, -0.2) is 47.1 Å². The first-order valence-electron chi connectivity index (χ1n) is 9.58. The van der Waals surface area contributed by atoms with E-state index in [1.807, 2.05) is 0 Å². The van der Waals surface area contributed by atoms with E-state index < -0.39 is 0 Å². The average Bonchev–Trinajstić information content (AvgIpc) is 3.21. The van der Waals surface area contributed by atoms with Crippen molar-refractivity contribution in [3.8, 4) is 11.5 Å². The smallest absolute Gasteiger partial charge is 0.279 e. The molecule has 0 unspecified atom stereocenters. The minimum Gasteiger partial charge on any atom is -0.506 e. The first-order valence-corrected chi connectivity index (χ1v) is 11.2. The van der Waals surface area contributed by atoms with Gasteiger partial charge in [0.15, 0.2) is 0 Å². The summed E-state index contributed by atoms with van der Waals surface area (Å²) in [7, 11) is 1.58. The normalized spacial score (nSPS) is 16.4. The number of carbonyl (C=O) groups is 2. The van der Waals surface area contributed by atoms with Gasteiger partial charge in [0, 0.05) is 13.1 Å². The molecule has 0 atom stereocenters. The number of nitrogens with zero attached hydrogens (tertiary/aromatic N) is 2. The van der Waals surface area contributed by atoms with Crippen LogP contribution in [0.25, 0.3) is 0 Å². The zero-order valence-corrected chi connectivity index (χ0v) is 18.3. The molecule has 1 aromatic rings. The predicted molar refractivity (Wildman–Crippen MR) is 111 cm³/mol. The van der Waals surface area contributed by atoms with Gasteiger partial charge in [0.2, 0.25) is 0 Å². The highest BCUT2D eigenvalue weighted by Crippen LogP contribution is 2.60. The summed E-state index contributed by atoms with van der Waals surface area (Å²) in [6, 6.07) is 1.77. The van der Waals surface area contributed by atoms with E-state index in [0.29, 0.717) is 33.5 Å². The number of aryl methyl sites for hydroxylation is 1. The molecule has 2 aliphatic rings. The number of thioether (sulfide) groups is 2. The maximum atomic E-state index is 13.1. The molecule has 1 fully saturated rings. The van der Waals surface area contributed by atoms with Crippen molar-refractivity contribution in [2.75, 3.05) is 20.2 Å². The van der Waals surface area contributed by atoms with E-state index >= 15 is 0 Å². The van der Waals surface area contributed by atoms with Gasteiger partial charge in [-0.25, -0.2) is 10.0 Å². The van der Waals surface area contributed by atoms with E-state index in [1.165, 1.54) is 23.5 Å².